The summed E-state index contributed by atoms with van der Waals surface area (Å²) in [5.41, 5.74) is 0.836. The second-order valence-corrected chi connectivity index (χ2v) is 12.1. The Kier molecular flexibility index (Phi) is 8.36. The average Bonchev–Trinajstić information content (AvgIpc) is 2.76. The number of nitrogens with one attached hydrogen (secondary N) is 2. The molecule has 2 aromatic carbocycles. The maximum atomic E-state index is 13.9. The van der Waals surface area contributed by atoms with E-state index in [0.717, 1.165) is 5.56 Å². The molecule has 2 unspecified atom stereocenters. The quantitative estimate of drug-likeness (QED) is 0.541. The highest BCUT2D eigenvalue weighted by Gasteiger charge is 2.40. The minimum Gasteiger partial charge on any atom is -0.495 e. The van der Waals surface area contributed by atoms with Crippen LogP contribution in [0.4, 0.5) is 0 Å². The Morgan fingerprint density at radius 2 is 1.79 bits per heavy atom. The molecule has 182 valence electrons. The number of benzene rings is 2. The van der Waals surface area contributed by atoms with Crippen molar-refractivity contribution in [2.45, 2.75) is 56.8 Å². The summed E-state index contributed by atoms with van der Waals surface area (Å²) in [6.45, 7) is 9.30. The Labute approximate surface area is 207 Å². The molecule has 0 saturated carbocycles. The SMILES string of the molecule is COc1ccc(Cl)cc1S(=O)(=O)N1CC(NC(C)(C)C(C)C)NCC1Cc1ccc(Cl)cc1. The third kappa shape index (κ3) is 6.21. The summed E-state index contributed by atoms with van der Waals surface area (Å²) in [7, 11) is -2.44. The molecule has 3 rings (SSSR count). The van der Waals surface area contributed by atoms with Gasteiger partial charge in [-0.05, 0) is 62.1 Å². The van der Waals surface area contributed by atoms with Crippen molar-refractivity contribution in [3.63, 3.8) is 0 Å². The maximum absolute atomic E-state index is 13.9. The highest BCUT2D eigenvalue weighted by Crippen LogP contribution is 2.32. The summed E-state index contributed by atoms with van der Waals surface area (Å²) in [6, 6.07) is 11.9. The van der Waals surface area contributed by atoms with Crippen molar-refractivity contribution < 1.29 is 13.2 Å². The first-order valence-corrected chi connectivity index (χ1v) is 13.2. The Morgan fingerprint density at radius 1 is 1.15 bits per heavy atom. The number of piperazine rings is 1. The van der Waals surface area contributed by atoms with Crippen molar-refractivity contribution in [1.29, 1.82) is 0 Å². The molecule has 2 aromatic rings. The van der Waals surface area contributed by atoms with Gasteiger partial charge >= 0.3 is 0 Å². The maximum Gasteiger partial charge on any atom is 0.247 e. The van der Waals surface area contributed by atoms with Gasteiger partial charge in [0.2, 0.25) is 10.0 Å². The van der Waals surface area contributed by atoms with Crippen LogP contribution in [-0.4, -0.2) is 50.7 Å². The minimum absolute atomic E-state index is 0.0716. The lowest BCUT2D eigenvalue weighted by Crippen LogP contribution is -2.66. The molecule has 6 nitrogen and oxygen atoms in total. The molecule has 0 spiro atoms. The van der Waals surface area contributed by atoms with Crippen LogP contribution in [0.2, 0.25) is 10.0 Å². The molecular formula is C24H33Cl2N3O3S. The molecule has 1 aliphatic heterocycles. The average molecular weight is 515 g/mol. The van der Waals surface area contributed by atoms with E-state index in [-0.39, 0.29) is 34.9 Å². The number of ether oxygens (including phenoxy) is 1. The Morgan fingerprint density at radius 3 is 2.39 bits per heavy atom. The molecule has 0 bridgehead atoms. The zero-order valence-corrected chi connectivity index (χ0v) is 22.1. The fourth-order valence-electron chi connectivity index (χ4n) is 3.83. The number of hydrogen-bond acceptors (Lipinski definition) is 5. The first-order valence-electron chi connectivity index (χ1n) is 11.0. The number of hydrogen-bond donors (Lipinski definition) is 2. The van der Waals surface area contributed by atoms with Gasteiger partial charge in [-0.15, -0.1) is 0 Å². The van der Waals surface area contributed by atoms with Gasteiger partial charge in [0, 0.05) is 34.7 Å². The monoisotopic (exact) mass is 513 g/mol. The van der Waals surface area contributed by atoms with E-state index >= 15 is 0 Å². The first-order chi connectivity index (χ1) is 15.4. The lowest BCUT2D eigenvalue weighted by Gasteiger charge is -2.43. The zero-order chi connectivity index (χ0) is 24.4. The van der Waals surface area contributed by atoms with Gasteiger partial charge in [0.25, 0.3) is 0 Å². The molecule has 0 radical (unpaired) electrons. The molecule has 0 amide bonds. The third-order valence-corrected chi connectivity index (χ3v) is 8.88. The lowest BCUT2D eigenvalue weighted by atomic mass is 9.90. The summed E-state index contributed by atoms with van der Waals surface area (Å²) in [4.78, 5) is 0.0716. The van der Waals surface area contributed by atoms with Crippen LogP contribution in [0.15, 0.2) is 47.4 Å². The number of nitrogens with zero attached hydrogens (tertiary/aromatic N) is 1. The molecule has 1 fully saturated rings. The highest BCUT2D eigenvalue weighted by molar-refractivity contribution is 7.89. The lowest BCUT2D eigenvalue weighted by molar-refractivity contribution is 0.155. The smallest absolute Gasteiger partial charge is 0.247 e. The fourth-order valence-corrected chi connectivity index (χ4v) is 6.01. The van der Waals surface area contributed by atoms with E-state index in [4.69, 9.17) is 27.9 Å². The molecule has 1 heterocycles. The number of methoxy groups -OCH3 is 1. The normalized spacial score (nSPS) is 20.2. The number of sulfonamides is 1. The van der Waals surface area contributed by atoms with E-state index in [0.29, 0.717) is 28.9 Å². The molecule has 0 aromatic heterocycles. The third-order valence-electron chi connectivity index (χ3n) is 6.46. The van der Waals surface area contributed by atoms with Crippen LogP contribution in [0, 0.1) is 5.92 Å². The standard InChI is InChI=1S/C24H33Cl2N3O3S/c1-16(2)24(3,4)28-23-15-29(20(14-27-23)12-17-6-8-18(25)9-7-17)33(30,31)22-13-19(26)10-11-21(22)32-5/h6-11,13,16,20,23,27-28H,12,14-15H2,1-5H3. The predicted octanol–water partition coefficient (Wildman–Crippen LogP) is 4.56. The summed E-state index contributed by atoms with van der Waals surface area (Å²) in [5.74, 6) is 0.638. The van der Waals surface area contributed by atoms with Crippen LogP contribution in [-0.2, 0) is 16.4 Å². The minimum atomic E-state index is -3.90. The molecule has 9 heteroatoms. The van der Waals surface area contributed by atoms with Gasteiger partial charge < -0.3 is 4.74 Å². The van der Waals surface area contributed by atoms with Crippen LogP contribution in [0.25, 0.3) is 0 Å². The van der Waals surface area contributed by atoms with Crippen molar-refractivity contribution in [2.75, 3.05) is 20.2 Å². The van der Waals surface area contributed by atoms with Crippen molar-refractivity contribution in [2.24, 2.45) is 5.92 Å². The van der Waals surface area contributed by atoms with E-state index in [1.54, 1.807) is 16.4 Å². The van der Waals surface area contributed by atoms with Crippen LogP contribution in [0.3, 0.4) is 0 Å². The van der Waals surface area contributed by atoms with Gasteiger partial charge in [-0.2, -0.15) is 4.31 Å². The van der Waals surface area contributed by atoms with Crippen LogP contribution in [0.5, 0.6) is 5.75 Å². The largest absolute Gasteiger partial charge is 0.495 e. The number of rotatable bonds is 8. The molecule has 0 aliphatic carbocycles. The summed E-state index contributed by atoms with van der Waals surface area (Å²) >= 11 is 12.2. The molecule has 1 aliphatic rings. The van der Waals surface area contributed by atoms with Crippen LogP contribution in [0.1, 0.15) is 33.3 Å². The van der Waals surface area contributed by atoms with Gasteiger partial charge in [0.05, 0.1) is 13.3 Å². The Bertz CT molecular complexity index is 1060. The van der Waals surface area contributed by atoms with Gasteiger partial charge in [-0.3, -0.25) is 10.6 Å². The van der Waals surface area contributed by atoms with E-state index < -0.39 is 10.0 Å². The van der Waals surface area contributed by atoms with Gasteiger partial charge in [-0.1, -0.05) is 49.2 Å². The topological polar surface area (TPSA) is 70.7 Å². The predicted molar refractivity (Wildman–Crippen MR) is 135 cm³/mol. The van der Waals surface area contributed by atoms with Crippen molar-refractivity contribution in [3.05, 3.63) is 58.1 Å². The van der Waals surface area contributed by atoms with E-state index in [9.17, 15) is 8.42 Å². The number of halogens is 2. The van der Waals surface area contributed by atoms with Gasteiger partial charge in [0.1, 0.15) is 10.6 Å². The highest BCUT2D eigenvalue weighted by atomic mass is 35.5. The molecule has 2 N–H and O–H groups in total. The van der Waals surface area contributed by atoms with E-state index in [1.165, 1.54) is 13.2 Å². The molecule has 33 heavy (non-hydrogen) atoms. The fraction of sp³-hybridized carbons (Fsp3) is 0.500. The molecule has 1 saturated heterocycles. The second-order valence-electron chi connectivity index (χ2n) is 9.34. The van der Waals surface area contributed by atoms with Gasteiger partial charge in [0.15, 0.2) is 0 Å². The van der Waals surface area contributed by atoms with Gasteiger partial charge in [-0.25, -0.2) is 8.42 Å². The van der Waals surface area contributed by atoms with Crippen LogP contribution < -0.4 is 15.4 Å². The summed E-state index contributed by atoms with van der Waals surface area (Å²) < 4.78 is 34.8. The van der Waals surface area contributed by atoms with Crippen molar-refractivity contribution in [3.8, 4) is 5.75 Å². The second kappa shape index (κ2) is 10.5. The summed E-state index contributed by atoms with van der Waals surface area (Å²) in [5, 5.41) is 8.08. The van der Waals surface area contributed by atoms with E-state index in [1.807, 2.05) is 24.3 Å². The van der Waals surface area contributed by atoms with E-state index in [2.05, 4.69) is 38.3 Å². The zero-order valence-electron chi connectivity index (χ0n) is 19.7. The Balaban J connectivity index is 1.97. The Hall–Kier alpha value is -1.35. The van der Waals surface area contributed by atoms with Crippen molar-refractivity contribution in [1.82, 2.24) is 14.9 Å². The van der Waals surface area contributed by atoms with Crippen molar-refractivity contribution >= 4 is 33.2 Å². The van der Waals surface area contributed by atoms with Crippen LogP contribution >= 0.6 is 23.2 Å². The molecule has 2 atom stereocenters. The first kappa shape index (κ1) is 26.3. The summed E-state index contributed by atoms with van der Waals surface area (Å²) in [6.07, 6.45) is 0.343. The molecular weight excluding hydrogens is 481 g/mol.